The maximum atomic E-state index is 11.8. The van der Waals surface area contributed by atoms with E-state index >= 15 is 0 Å². The van der Waals surface area contributed by atoms with Gasteiger partial charge in [0.15, 0.2) is 0 Å². The lowest BCUT2D eigenvalue weighted by Crippen LogP contribution is -2.42. The molecule has 2 amide bonds. The largest absolute Gasteiger partial charge is 0.480 e. The monoisotopic (exact) mass is 322 g/mol. The molecule has 126 valence electrons. The molecule has 0 fully saturated rings. The Morgan fingerprint density at radius 3 is 2.61 bits per heavy atom. The molecule has 23 heavy (non-hydrogen) atoms. The van der Waals surface area contributed by atoms with E-state index in [2.05, 4.69) is 22.8 Å². The molecule has 0 bridgehead atoms. The molecule has 8 nitrogen and oxygen atoms in total. The number of nitrogens with one attached hydrogen (secondary N) is 2. The van der Waals surface area contributed by atoms with Crippen molar-refractivity contribution in [1.82, 2.24) is 15.8 Å². The van der Waals surface area contributed by atoms with Gasteiger partial charge < -0.3 is 10.8 Å². The first-order valence-electron chi connectivity index (χ1n) is 7.46. The van der Waals surface area contributed by atoms with Crippen LogP contribution in [0.1, 0.15) is 48.7 Å². The van der Waals surface area contributed by atoms with Crippen LogP contribution >= 0.6 is 0 Å². The molecule has 0 aliphatic rings. The van der Waals surface area contributed by atoms with Crippen LogP contribution in [0, 0.1) is 0 Å². The lowest BCUT2D eigenvalue weighted by Gasteiger charge is -2.09. The normalized spacial score (nSPS) is 11.6. The van der Waals surface area contributed by atoms with Crippen molar-refractivity contribution < 1.29 is 19.5 Å². The van der Waals surface area contributed by atoms with E-state index in [9.17, 15) is 14.4 Å². The van der Waals surface area contributed by atoms with Gasteiger partial charge in [0.25, 0.3) is 5.91 Å². The fraction of sp³-hybridized carbons (Fsp3) is 0.467. The number of nitrogens with zero attached hydrogens (tertiary/aromatic N) is 1. The summed E-state index contributed by atoms with van der Waals surface area (Å²) in [7, 11) is 0. The Bertz CT molecular complexity index is 545. The number of rotatable bonds is 8. The maximum absolute atomic E-state index is 11.8. The van der Waals surface area contributed by atoms with Crippen LogP contribution in [0.15, 0.2) is 18.3 Å². The van der Waals surface area contributed by atoms with Gasteiger partial charge in [-0.15, -0.1) is 0 Å². The summed E-state index contributed by atoms with van der Waals surface area (Å²) in [6, 6.07) is 2.31. The minimum Gasteiger partial charge on any atom is -0.480 e. The summed E-state index contributed by atoms with van der Waals surface area (Å²) in [5.41, 5.74) is 10.9. The minimum atomic E-state index is -1.17. The van der Waals surface area contributed by atoms with Crippen molar-refractivity contribution in [3.05, 3.63) is 29.6 Å². The number of hydrazine groups is 1. The van der Waals surface area contributed by atoms with Crippen molar-refractivity contribution >= 4 is 17.8 Å². The Labute approximate surface area is 134 Å². The Balaban J connectivity index is 2.38. The van der Waals surface area contributed by atoms with Crippen molar-refractivity contribution in [1.29, 1.82) is 0 Å². The summed E-state index contributed by atoms with van der Waals surface area (Å²) >= 11 is 0. The average molecular weight is 322 g/mol. The van der Waals surface area contributed by atoms with Crippen LogP contribution in [0.3, 0.4) is 0 Å². The van der Waals surface area contributed by atoms with Gasteiger partial charge in [-0.2, -0.15) is 0 Å². The summed E-state index contributed by atoms with van der Waals surface area (Å²) in [5, 5.41) is 8.60. The average Bonchev–Trinajstić information content (AvgIpc) is 2.55. The Hall–Kier alpha value is -2.48. The molecule has 0 radical (unpaired) electrons. The lowest BCUT2D eigenvalue weighted by atomic mass is 10.1. The Morgan fingerprint density at radius 1 is 1.30 bits per heavy atom. The highest BCUT2D eigenvalue weighted by Crippen LogP contribution is 2.05. The third-order valence-corrected chi connectivity index (χ3v) is 3.19. The Morgan fingerprint density at radius 2 is 2.04 bits per heavy atom. The second kappa shape index (κ2) is 9.52. The predicted molar refractivity (Wildman–Crippen MR) is 83.3 cm³/mol. The number of aromatic nitrogens is 1. The highest BCUT2D eigenvalue weighted by molar-refractivity contribution is 5.93. The summed E-state index contributed by atoms with van der Waals surface area (Å²) in [6.07, 6.45) is 4.57. The number of carbonyl (C=O) groups excluding carboxylic acids is 2. The smallest absolute Gasteiger partial charge is 0.320 e. The van der Waals surface area contributed by atoms with E-state index in [1.165, 1.54) is 0 Å². The number of amides is 2. The van der Waals surface area contributed by atoms with Crippen molar-refractivity contribution in [2.24, 2.45) is 5.73 Å². The van der Waals surface area contributed by atoms with Crippen LogP contribution < -0.4 is 16.6 Å². The zero-order valence-electron chi connectivity index (χ0n) is 13.0. The molecule has 1 atom stereocenters. The van der Waals surface area contributed by atoms with E-state index in [-0.39, 0.29) is 18.5 Å². The summed E-state index contributed by atoms with van der Waals surface area (Å²) in [6.45, 7) is 2.10. The molecular formula is C15H22N4O4. The van der Waals surface area contributed by atoms with Crippen LogP contribution in [0.25, 0.3) is 0 Å². The molecule has 0 saturated heterocycles. The predicted octanol–water partition coefficient (Wildman–Crippen LogP) is 0.377. The molecule has 1 heterocycles. The van der Waals surface area contributed by atoms with Crippen LogP contribution in [-0.4, -0.2) is 33.9 Å². The van der Waals surface area contributed by atoms with Crippen LogP contribution in [0.4, 0.5) is 0 Å². The highest BCUT2D eigenvalue weighted by atomic mass is 16.4. The van der Waals surface area contributed by atoms with E-state index in [0.717, 1.165) is 24.8 Å². The zero-order chi connectivity index (χ0) is 17.2. The number of aryl methyl sites for hydroxylation is 1. The van der Waals surface area contributed by atoms with E-state index in [1.54, 1.807) is 12.3 Å². The SMILES string of the molecule is CCCCc1ccc(C(=O)NNC(=O)CC[C@H](N)C(=O)O)nc1. The van der Waals surface area contributed by atoms with E-state index < -0.39 is 23.8 Å². The quantitative estimate of drug-likeness (QED) is 0.511. The molecule has 8 heteroatoms. The van der Waals surface area contributed by atoms with Crippen LogP contribution in [0.5, 0.6) is 0 Å². The molecule has 0 aliphatic heterocycles. The maximum Gasteiger partial charge on any atom is 0.320 e. The minimum absolute atomic E-state index is 0.0125. The highest BCUT2D eigenvalue weighted by Gasteiger charge is 2.14. The number of pyridine rings is 1. The molecule has 0 unspecified atom stereocenters. The first-order chi connectivity index (χ1) is 10.9. The number of carboxylic acids is 1. The standard InChI is InChI=1S/C15H22N4O4/c1-2-3-4-10-5-7-12(17-9-10)14(21)19-18-13(20)8-6-11(16)15(22)23/h5,7,9,11H,2-4,6,8,16H2,1H3,(H,18,20)(H,19,21)(H,22,23)/t11-/m0/s1. The summed E-state index contributed by atoms with van der Waals surface area (Å²) in [5.74, 6) is -2.23. The van der Waals surface area contributed by atoms with Crippen molar-refractivity contribution in [2.45, 2.75) is 45.1 Å². The van der Waals surface area contributed by atoms with Gasteiger partial charge in [0.05, 0.1) is 0 Å². The zero-order valence-corrected chi connectivity index (χ0v) is 13.0. The van der Waals surface area contributed by atoms with Gasteiger partial charge in [0.2, 0.25) is 5.91 Å². The molecule has 5 N–H and O–H groups in total. The van der Waals surface area contributed by atoms with Gasteiger partial charge in [-0.05, 0) is 30.9 Å². The van der Waals surface area contributed by atoms with Gasteiger partial charge in [0.1, 0.15) is 11.7 Å². The van der Waals surface area contributed by atoms with Crippen molar-refractivity contribution in [3.8, 4) is 0 Å². The molecule has 1 aromatic heterocycles. The molecule has 0 aliphatic carbocycles. The number of aliphatic carboxylic acids is 1. The summed E-state index contributed by atoms with van der Waals surface area (Å²) in [4.78, 5) is 37.9. The van der Waals surface area contributed by atoms with Crippen LogP contribution in [-0.2, 0) is 16.0 Å². The number of carboxylic acid groups (broad SMARTS) is 1. The van der Waals surface area contributed by atoms with E-state index in [0.29, 0.717) is 0 Å². The molecular weight excluding hydrogens is 300 g/mol. The fourth-order valence-corrected chi connectivity index (χ4v) is 1.75. The van der Waals surface area contributed by atoms with E-state index in [4.69, 9.17) is 10.8 Å². The van der Waals surface area contributed by atoms with Gasteiger partial charge in [0, 0.05) is 12.6 Å². The number of unbranched alkanes of at least 4 members (excludes halogenated alkanes) is 1. The number of nitrogens with two attached hydrogens (primary N) is 1. The second-order valence-electron chi connectivity index (χ2n) is 5.14. The first-order valence-corrected chi connectivity index (χ1v) is 7.46. The second-order valence-corrected chi connectivity index (χ2v) is 5.14. The van der Waals surface area contributed by atoms with E-state index in [1.807, 2.05) is 6.07 Å². The number of hydrogen-bond donors (Lipinski definition) is 4. The third-order valence-electron chi connectivity index (χ3n) is 3.19. The fourth-order valence-electron chi connectivity index (χ4n) is 1.75. The molecule has 0 aromatic carbocycles. The number of hydrogen-bond acceptors (Lipinski definition) is 5. The topological polar surface area (TPSA) is 134 Å². The van der Waals surface area contributed by atoms with Gasteiger partial charge in [-0.25, -0.2) is 0 Å². The molecule has 0 saturated carbocycles. The summed E-state index contributed by atoms with van der Waals surface area (Å²) < 4.78 is 0. The molecule has 0 spiro atoms. The van der Waals surface area contributed by atoms with Crippen LogP contribution in [0.2, 0.25) is 0 Å². The van der Waals surface area contributed by atoms with Gasteiger partial charge in [-0.1, -0.05) is 19.4 Å². The molecule has 1 aromatic rings. The number of carbonyl (C=O) groups is 3. The molecule has 1 rings (SSSR count). The lowest BCUT2D eigenvalue weighted by molar-refractivity contribution is -0.138. The van der Waals surface area contributed by atoms with Crippen molar-refractivity contribution in [2.75, 3.05) is 0 Å². The van der Waals surface area contributed by atoms with Gasteiger partial charge >= 0.3 is 5.97 Å². The first kappa shape index (κ1) is 18.6. The van der Waals surface area contributed by atoms with Crippen molar-refractivity contribution in [3.63, 3.8) is 0 Å². The Kier molecular flexibility index (Phi) is 7.69. The third kappa shape index (κ3) is 6.88. The van der Waals surface area contributed by atoms with Gasteiger partial charge in [-0.3, -0.25) is 30.2 Å².